The highest BCUT2D eigenvalue weighted by Crippen LogP contribution is 2.51. The fourth-order valence-corrected chi connectivity index (χ4v) is 3.15. The summed E-state index contributed by atoms with van der Waals surface area (Å²) in [6.45, 7) is 4.12. The number of aliphatic carboxylic acids is 1. The van der Waals surface area contributed by atoms with Crippen molar-refractivity contribution in [2.45, 2.75) is 32.6 Å². The molecular formula is C19H27NO5. The minimum absolute atomic E-state index is 0.0819. The van der Waals surface area contributed by atoms with Gasteiger partial charge in [0.15, 0.2) is 0 Å². The first kappa shape index (κ1) is 19.1. The lowest BCUT2D eigenvalue weighted by Crippen LogP contribution is -2.34. The van der Waals surface area contributed by atoms with Crippen LogP contribution >= 0.6 is 0 Å². The Bertz CT molecular complexity index is 628. The second-order valence-electron chi connectivity index (χ2n) is 6.97. The maximum Gasteiger partial charge on any atom is 0.308 e. The summed E-state index contributed by atoms with van der Waals surface area (Å²) < 4.78 is 10.6. The number of nitrogens with one attached hydrogen (secondary N) is 1. The number of carboxylic acids is 1. The van der Waals surface area contributed by atoms with Crippen molar-refractivity contribution >= 4 is 11.9 Å². The highest BCUT2D eigenvalue weighted by Gasteiger charge is 2.45. The fourth-order valence-electron chi connectivity index (χ4n) is 3.15. The van der Waals surface area contributed by atoms with Crippen LogP contribution in [0.4, 0.5) is 0 Å². The third kappa shape index (κ3) is 4.87. The molecule has 1 fully saturated rings. The predicted molar refractivity (Wildman–Crippen MR) is 94.0 cm³/mol. The SMILES string of the molecule is COc1ccc(OC)c(C2CC2C(=O)NCC(CC(C)C)C(=O)O)c1. The summed E-state index contributed by atoms with van der Waals surface area (Å²) in [6, 6.07) is 5.56. The van der Waals surface area contributed by atoms with Crippen LogP contribution in [-0.2, 0) is 9.59 Å². The Morgan fingerprint density at radius 2 is 2.00 bits per heavy atom. The van der Waals surface area contributed by atoms with Crippen LogP contribution in [-0.4, -0.2) is 37.7 Å². The van der Waals surface area contributed by atoms with Crippen molar-refractivity contribution in [1.29, 1.82) is 0 Å². The zero-order valence-electron chi connectivity index (χ0n) is 15.2. The number of carbonyl (C=O) groups is 2. The van der Waals surface area contributed by atoms with Gasteiger partial charge in [0.1, 0.15) is 11.5 Å². The van der Waals surface area contributed by atoms with E-state index in [9.17, 15) is 14.7 Å². The van der Waals surface area contributed by atoms with E-state index in [1.165, 1.54) is 0 Å². The molecule has 0 radical (unpaired) electrons. The van der Waals surface area contributed by atoms with Crippen LogP contribution in [0.3, 0.4) is 0 Å². The molecule has 1 aliphatic carbocycles. The van der Waals surface area contributed by atoms with Gasteiger partial charge in [-0.2, -0.15) is 0 Å². The quantitative estimate of drug-likeness (QED) is 0.716. The van der Waals surface area contributed by atoms with Crippen LogP contribution in [0.25, 0.3) is 0 Å². The Morgan fingerprint density at radius 3 is 2.56 bits per heavy atom. The number of benzene rings is 1. The van der Waals surface area contributed by atoms with E-state index >= 15 is 0 Å². The van der Waals surface area contributed by atoms with Gasteiger partial charge in [-0.05, 0) is 37.0 Å². The minimum Gasteiger partial charge on any atom is -0.497 e. The van der Waals surface area contributed by atoms with Crippen LogP contribution in [0, 0.1) is 17.8 Å². The second kappa shape index (κ2) is 8.23. The second-order valence-corrected chi connectivity index (χ2v) is 6.97. The van der Waals surface area contributed by atoms with Gasteiger partial charge in [-0.15, -0.1) is 0 Å². The number of carbonyl (C=O) groups excluding carboxylic acids is 1. The highest BCUT2D eigenvalue weighted by atomic mass is 16.5. The number of hydrogen-bond acceptors (Lipinski definition) is 4. The molecule has 0 aliphatic heterocycles. The average molecular weight is 349 g/mol. The molecule has 1 amide bonds. The van der Waals surface area contributed by atoms with E-state index in [1.54, 1.807) is 14.2 Å². The van der Waals surface area contributed by atoms with Gasteiger partial charge in [-0.25, -0.2) is 0 Å². The minimum atomic E-state index is -0.865. The molecule has 2 N–H and O–H groups in total. The molecule has 6 nitrogen and oxygen atoms in total. The monoisotopic (exact) mass is 349 g/mol. The zero-order chi connectivity index (χ0) is 18.6. The number of hydrogen-bond donors (Lipinski definition) is 2. The molecule has 1 aromatic carbocycles. The smallest absolute Gasteiger partial charge is 0.308 e. The molecule has 0 aromatic heterocycles. The van der Waals surface area contributed by atoms with E-state index in [0.29, 0.717) is 6.42 Å². The summed E-state index contributed by atoms with van der Waals surface area (Å²) >= 11 is 0. The van der Waals surface area contributed by atoms with E-state index in [4.69, 9.17) is 9.47 Å². The maximum absolute atomic E-state index is 12.4. The Morgan fingerprint density at radius 1 is 1.28 bits per heavy atom. The van der Waals surface area contributed by atoms with Gasteiger partial charge in [0.2, 0.25) is 5.91 Å². The number of carboxylic acid groups (broad SMARTS) is 1. The third-order valence-corrected chi connectivity index (χ3v) is 4.59. The van der Waals surface area contributed by atoms with Gasteiger partial charge in [0.05, 0.1) is 20.1 Å². The molecule has 0 heterocycles. The van der Waals surface area contributed by atoms with E-state index in [0.717, 1.165) is 23.5 Å². The van der Waals surface area contributed by atoms with Crippen molar-refractivity contribution in [3.05, 3.63) is 23.8 Å². The Hall–Kier alpha value is -2.24. The lowest BCUT2D eigenvalue weighted by atomic mass is 9.97. The molecule has 0 spiro atoms. The molecule has 0 saturated heterocycles. The molecule has 3 unspecified atom stereocenters. The molecule has 25 heavy (non-hydrogen) atoms. The van der Waals surface area contributed by atoms with Crippen LogP contribution in [0.2, 0.25) is 0 Å². The van der Waals surface area contributed by atoms with Crippen molar-refractivity contribution in [3.8, 4) is 11.5 Å². The van der Waals surface area contributed by atoms with Gasteiger partial charge >= 0.3 is 5.97 Å². The lowest BCUT2D eigenvalue weighted by Gasteiger charge is -2.15. The molecule has 1 saturated carbocycles. The van der Waals surface area contributed by atoms with Gasteiger partial charge in [-0.3, -0.25) is 9.59 Å². The number of amides is 1. The zero-order valence-corrected chi connectivity index (χ0v) is 15.2. The third-order valence-electron chi connectivity index (χ3n) is 4.59. The Balaban J connectivity index is 1.96. The first-order chi connectivity index (χ1) is 11.9. The van der Waals surface area contributed by atoms with Crippen molar-refractivity contribution in [2.24, 2.45) is 17.8 Å². The average Bonchev–Trinajstić information content (AvgIpc) is 3.37. The normalized spacial score (nSPS) is 20.0. The number of rotatable bonds is 9. The summed E-state index contributed by atoms with van der Waals surface area (Å²) in [5, 5.41) is 12.1. The van der Waals surface area contributed by atoms with E-state index in [-0.39, 0.29) is 30.2 Å². The predicted octanol–water partition coefficient (Wildman–Crippen LogP) is 2.67. The van der Waals surface area contributed by atoms with Crippen LogP contribution in [0.15, 0.2) is 18.2 Å². The summed E-state index contributed by atoms with van der Waals surface area (Å²) in [7, 11) is 3.20. The molecule has 0 bridgehead atoms. The maximum atomic E-state index is 12.4. The summed E-state index contributed by atoms with van der Waals surface area (Å²) in [5.41, 5.74) is 0.957. The van der Waals surface area contributed by atoms with Gasteiger partial charge in [0.25, 0.3) is 0 Å². The molecule has 3 atom stereocenters. The highest BCUT2D eigenvalue weighted by molar-refractivity contribution is 5.83. The van der Waals surface area contributed by atoms with Crippen molar-refractivity contribution < 1.29 is 24.2 Å². The molecular weight excluding hydrogens is 322 g/mol. The van der Waals surface area contributed by atoms with Gasteiger partial charge in [-0.1, -0.05) is 13.8 Å². The Labute approximate surface area is 148 Å². The van der Waals surface area contributed by atoms with Crippen LogP contribution in [0.1, 0.15) is 38.2 Å². The largest absolute Gasteiger partial charge is 0.497 e. The first-order valence-corrected chi connectivity index (χ1v) is 8.59. The molecule has 6 heteroatoms. The van der Waals surface area contributed by atoms with E-state index in [1.807, 2.05) is 32.0 Å². The topological polar surface area (TPSA) is 84.9 Å². The number of methoxy groups -OCH3 is 2. The Kier molecular flexibility index (Phi) is 6.28. The summed E-state index contributed by atoms with van der Waals surface area (Å²) in [6.07, 6.45) is 1.28. The van der Waals surface area contributed by atoms with E-state index < -0.39 is 11.9 Å². The lowest BCUT2D eigenvalue weighted by molar-refractivity contribution is -0.142. The van der Waals surface area contributed by atoms with E-state index in [2.05, 4.69) is 5.32 Å². The molecule has 2 rings (SSSR count). The van der Waals surface area contributed by atoms with Crippen molar-refractivity contribution in [1.82, 2.24) is 5.32 Å². The standard InChI is InChI=1S/C19H27NO5/c1-11(2)7-12(19(22)23)10-20-18(21)16-9-14(16)15-8-13(24-3)5-6-17(15)25-4/h5-6,8,11-12,14,16H,7,9-10H2,1-4H3,(H,20,21)(H,22,23). The summed E-state index contributed by atoms with van der Waals surface area (Å²) in [5.74, 6) is 0.169. The molecule has 138 valence electrons. The fraction of sp³-hybridized carbons (Fsp3) is 0.579. The van der Waals surface area contributed by atoms with Gasteiger partial charge < -0.3 is 19.9 Å². The molecule has 1 aliphatic rings. The van der Waals surface area contributed by atoms with Crippen LogP contribution < -0.4 is 14.8 Å². The summed E-state index contributed by atoms with van der Waals surface area (Å²) in [4.78, 5) is 23.7. The van der Waals surface area contributed by atoms with Gasteiger partial charge in [0, 0.05) is 23.9 Å². The number of ether oxygens (including phenoxy) is 2. The van der Waals surface area contributed by atoms with Crippen molar-refractivity contribution in [3.63, 3.8) is 0 Å². The van der Waals surface area contributed by atoms with Crippen molar-refractivity contribution in [2.75, 3.05) is 20.8 Å². The van der Waals surface area contributed by atoms with Crippen LogP contribution in [0.5, 0.6) is 11.5 Å². The first-order valence-electron chi connectivity index (χ1n) is 8.59. The molecule has 1 aromatic rings.